The van der Waals surface area contributed by atoms with Crippen LogP contribution in [0.25, 0.3) is 0 Å². The molecule has 1 aliphatic rings. The van der Waals surface area contributed by atoms with Crippen LogP contribution in [0.4, 0.5) is 14.4 Å². The summed E-state index contributed by atoms with van der Waals surface area (Å²) in [5.74, 6) is -0.744. The number of ether oxygens (including phenoxy) is 3. The molecule has 0 saturated carbocycles. The zero-order valence-corrected chi connectivity index (χ0v) is 22.4. The van der Waals surface area contributed by atoms with E-state index in [9.17, 15) is 19.2 Å². The van der Waals surface area contributed by atoms with Crippen molar-refractivity contribution in [1.82, 2.24) is 15.5 Å². The Labute approximate surface area is 222 Å². The zero-order valence-electron chi connectivity index (χ0n) is 22.4. The predicted octanol–water partition coefficient (Wildman–Crippen LogP) is 4.17. The number of carbonyl (C=O) groups is 4. The first kappa shape index (κ1) is 28.5. The van der Waals surface area contributed by atoms with Gasteiger partial charge in [0, 0.05) is 0 Å². The third-order valence-corrected chi connectivity index (χ3v) is 5.78. The van der Waals surface area contributed by atoms with Crippen molar-refractivity contribution in [3.05, 3.63) is 71.8 Å². The summed E-state index contributed by atoms with van der Waals surface area (Å²) in [6, 6.07) is 16.4. The molecule has 1 saturated heterocycles. The molecule has 0 radical (unpaired) electrons. The molecule has 1 fully saturated rings. The van der Waals surface area contributed by atoms with E-state index in [4.69, 9.17) is 14.2 Å². The van der Waals surface area contributed by atoms with E-state index < -0.39 is 47.4 Å². The van der Waals surface area contributed by atoms with E-state index in [0.29, 0.717) is 6.42 Å². The second kappa shape index (κ2) is 12.0. The van der Waals surface area contributed by atoms with Crippen LogP contribution in [-0.2, 0) is 32.0 Å². The third-order valence-electron chi connectivity index (χ3n) is 5.78. The van der Waals surface area contributed by atoms with E-state index >= 15 is 0 Å². The molecule has 2 atom stereocenters. The summed E-state index contributed by atoms with van der Waals surface area (Å²) in [5.41, 5.74) is -0.513. The Balaban J connectivity index is 1.82. The van der Waals surface area contributed by atoms with E-state index in [1.54, 1.807) is 46.8 Å². The predicted molar refractivity (Wildman–Crippen MR) is 139 cm³/mol. The molecule has 4 amide bonds. The van der Waals surface area contributed by atoms with Crippen LogP contribution in [0.2, 0.25) is 0 Å². The highest BCUT2D eigenvalue weighted by atomic mass is 16.6. The van der Waals surface area contributed by atoms with Gasteiger partial charge < -0.3 is 24.8 Å². The smallest absolute Gasteiger partial charge is 0.417 e. The SMILES string of the molecule is CC(C)(C)OC(=O)NC(C)(C)[C@@H](NC(=O)OCc1ccccc1)C(=O)N1C(=O)OC[C@H]1Cc1ccccc1. The summed E-state index contributed by atoms with van der Waals surface area (Å²) in [7, 11) is 0. The largest absolute Gasteiger partial charge is 0.447 e. The zero-order chi connectivity index (χ0) is 27.9. The summed E-state index contributed by atoms with van der Waals surface area (Å²) in [6.07, 6.45) is -2.14. The molecule has 2 N–H and O–H groups in total. The number of nitrogens with zero attached hydrogens (tertiary/aromatic N) is 1. The summed E-state index contributed by atoms with van der Waals surface area (Å²) >= 11 is 0. The van der Waals surface area contributed by atoms with Gasteiger partial charge in [-0.25, -0.2) is 19.3 Å². The first-order valence-electron chi connectivity index (χ1n) is 12.4. The van der Waals surface area contributed by atoms with Gasteiger partial charge in [0.25, 0.3) is 5.91 Å². The average Bonchev–Trinajstić information content (AvgIpc) is 3.20. The monoisotopic (exact) mass is 525 g/mol. The van der Waals surface area contributed by atoms with Crippen LogP contribution in [0.5, 0.6) is 0 Å². The Morgan fingerprint density at radius 2 is 1.53 bits per heavy atom. The lowest BCUT2D eigenvalue weighted by Crippen LogP contribution is -2.66. The van der Waals surface area contributed by atoms with Crippen molar-refractivity contribution in [2.24, 2.45) is 0 Å². The lowest BCUT2D eigenvalue weighted by atomic mass is 9.92. The normalized spacial score (nSPS) is 16.3. The van der Waals surface area contributed by atoms with Gasteiger partial charge in [-0.2, -0.15) is 0 Å². The van der Waals surface area contributed by atoms with Crippen LogP contribution < -0.4 is 10.6 Å². The maximum atomic E-state index is 13.8. The molecular weight excluding hydrogens is 490 g/mol. The minimum atomic E-state index is -1.39. The molecule has 2 aromatic carbocycles. The molecule has 38 heavy (non-hydrogen) atoms. The molecule has 3 rings (SSSR count). The van der Waals surface area contributed by atoms with Crippen molar-refractivity contribution in [1.29, 1.82) is 0 Å². The van der Waals surface area contributed by atoms with Gasteiger partial charge in [0.1, 0.15) is 24.9 Å². The Kier molecular flexibility index (Phi) is 8.98. The molecular formula is C28H35N3O7. The fraction of sp³-hybridized carbons (Fsp3) is 0.429. The molecule has 1 heterocycles. The van der Waals surface area contributed by atoms with Crippen molar-refractivity contribution in [2.75, 3.05) is 6.61 Å². The second-order valence-corrected chi connectivity index (χ2v) is 10.6. The number of hydrogen-bond donors (Lipinski definition) is 2. The van der Waals surface area contributed by atoms with Crippen molar-refractivity contribution < 1.29 is 33.4 Å². The Hall–Kier alpha value is -4.08. The van der Waals surface area contributed by atoms with E-state index in [1.807, 2.05) is 48.5 Å². The number of rotatable bonds is 8. The molecule has 0 aliphatic carbocycles. The van der Waals surface area contributed by atoms with Crippen molar-refractivity contribution >= 4 is 24.2 Å². The lowest BCUT2D eigenvalue weighted by molar-refractivity contribution is -0.133. The van der Waals surface area contributed by atoms with E-state index in [-0.39, 0.29) is 13.2 Å². The Morgan fingerprint density at radius 1 is 0.947 bits per heavy atom. The standard InChI is InChI=1S/C28H35N3O7/c1-27(2,3)38-25(34)30-28(4,5)22(29-24(33)36-17-20-14-10-7-11-15-20)23(32)31-21(18-37-26(31)35)16-19-12-8-6-9-13-19/h6-15,21-22H,16-18H2,1-5H3,(H,29,33)(H,30,34)/t21-,22+/m1/s1. The average molecular weight is 526 g/mol. The van der Waals surface area contributed by atoms with Gasteiger partial charge in [0.15, 0.2) is 0 Å². The van der Waals surface area contributed by atoms with Gasteiger partial charge in [-0.15, -0.1) is 0 Å². The summed E-state index contributed by atoms with van der Waals surface area (Å²) in [6.45, 7) is 8.18. The molecule has 0 aromatic heterocycles. The number of hydrogen-bond acceptors (Lipinski definition) is 7. The third kappa shape index (κ3) is 7.96. The van der Waals surface area contributed by atoms with Gasteiger partial charge in [-0.1, -0.05) is 60.7 Å². The number of benzene rings is 2. The minimum Gasteiger partial charge on any atom is -0.447 e. The van der Waals surface area contributed by atoms with Gasteiger partial charge in [-0.3, -0.25) is 4.79 Å². The number of cyclic esters (lactones) is 1. The van der Waals surface area contributed by atoms with Crippen molar-refractivity contribution in [3.8, 4) is 0 Å². The molecule has 10 nitrogen and oxygen atoms in total. The maximum absolute atomic E-state index is 13.8. The topological polar surface area (TPSA) is 123 Å². The van der Waals surface area contributed by atoms with Gasteiger partial charge in [0.2, 0.25) is 0 Å². The molecule has 1 aliphatic heterocycles. The summed E-state index contributed by atoms with van der Waals surface area (Å²) in [5, 5.41) is 5.19. The summed E-state index contributed by atoms with van der Waals surface area (Å²) < 4.78 is 15.9. The molecule has 0 spiro atoms. The van der Waals surface area contributed by atoms with E-state index in [0.717, 1.165) is 16.0 Å². The van der Waals surface area contributed by atoms with Crippen molar-refractivity contribution in [2.45, 2.75) is 70.9 Å². The second-order valence-electron chi connectivity index (χ2n) is 10.6. The van der Waals surface area contributed by atoms with Crippen LogP contribution >= 0.6 is 0 Å². The van der Waals surface area contributed by atoms with E-state index in [1.165, 1.54) is 0 Å². The molecule has 0 bridgehead atoms. The van der Waals surface area contributed by atoms with Crippen LogP contribution in [0.15, 0.2) is 60.7 Å². The Bertz CT molecular complexity index is 1130. The molecule has 204 valence electrons. The van der Waals surface area contributed by atoms with Crippen LogP contribution in [0, 0.1) is 0 Å². The quantitative estimate of drug-likeness (QED) is 0.496. The van der Waals surface area contributed by atoms with Gasteiger partial charge in [-0.05, 0) is 52.2 Å². The number of carbonyl (C=O) groups excluding carboxylic acids is 4. The number of alkyl carbamates (subject to hydrolysis) is 2. The van der Waals surface area contributed by atoms with Crippen LogP contribution in [0.3, 0.4) is 0 Å². The fourth-order valence-electron chi connectivity index (χ4n) is 3.98. The minimum absolute atomic E-state index is 0.00453. The van der Waals surface area contributed by atoms with Gasteiger partial charge in [0.05, 0.1) is 11.6 Å². The number of imide groups is 1. The molecule has 0 unspecified atom stereocenters. The van der Waals surface area contributed by atoms with Crippen LogP contribution in [-0.4, -0.2) is 58.9 Å². The number of amides is 4. The Morgan fingerprint density at radius 3 is 2.11 bits per heavy atom. The molecule has 10 heteroatoms. The van der Waals surface area contributed by atoms with Crippen LogP contribution in [0.1, 0.15) is 45.7 Å². The first-order valence-corrected chi connectivity index (χ1v) is 12.4. The first-order chi connectivity index (χ1) is 17.9. The number of nitrogens with one attached hydrogen (secondary N) is 2. The molecule has 2 aromatic rings. The fourth-order valence-corrected chi connectivity index (χ4v) is 3.98. The van der Waals surface area contributed by atoms with Crippen molar-refractivity contribution in [3.63, 3.8) is 0 Å². The highest BCUT2D eigenvalue weighted by molar-refractivity contribution is 5.98. The highest BCUT2D eigenvalue weighted by Gasteiger charge is 2.47. The lowest BCUT2D eigenvalue weighted by Gasteiger charge is -2.37. The van der Waals surface area contributed by atoms with E-state index in [2.05, 4.69) is 10.6 Å². The maximum Gasteiger partial charge on any atom is 0.417 e. The highest BCUT2D eigenvalue weighted by Crippen LogP contribution is 2.22. The summed E-state index contributed by atoms with van der Waals surface area (Å²) in [4.78, 5) is 52.9. The van der Waals surface area contributed by atoms with Gasteiger partial charge >= 0.3 is 18.3 Å².